The molecule has 1 atom stereocenters. The number of nitrogens with one attached hydrogen (secondary N) is 2. The van der Waals surface area contributed by atoms with E-state index in [0.717, 1.165) is 0 Å². The summed E-state index contributed by atoms with van der Waals surface area (Å²) < 4.78 is 15.2. The molecule has 0 aliphatic carbocycles. The number of rotatable bonds is 8. The first kappa shape index (κ1) is 19.0. The molecule has 2 aromatic rings. The molecule has 0 saturated carbocycles. The molecule has 0 radical (unpaired) electrons. The Morgan fingerprint density at radius 1 is 1.12 bits per heavy atom. The van der Waals surface area contributed by atoms with Gasteiger partial charge in [0.25, 0.3) is 11.8 Å². The van der Waals surface area contributed by atoms with Gasteiger partial charge in [-0.25, -0.2) is 0 Å². The van der Waals surface area contributed by atoms with Crippen LogP contribution in [0.25, 0.3) is 0 Å². The van der Waals surface area contributed by atoms with E-state index in [9.17, 15) is 14.4 Å². The Labute approximate surface area is 150 Å². The number of ether oxygens (including phenoxy) is 2. The topological polar surface area (TPSA) is 107 Å². The predicted octanol–water partition coefficient (Wildman–Crippen LogP) is 1.27. The van der Waals surface area contributed by atoms with Crippen LogP contribution in [-0.2, 0) is 20.9 Å². The molecule has 0 saturated heterocycles. The first-order valence-electron chi connectivity index (χ1n) is 7.92. The van der Waals surface area contributed by atoms with E-state index >= 15 is 0 Å². The summed E-state index contributed by atoms with van der Waals surface area (Å²) in [5.74, 6) is -0.695. The Kier molecular flexibility index (Phi) is 6.78. The summed E-state index contributed by atoms with van der Waals surface area (Å²) in [5, 5.41) is 5.01. The van der Waals surface area contributed by atoms with Crippen molar-refractivity contribution in [1.29, 1.82) is 0 Å². The van der Waals surface area contributed by atoms with Crippen LogP contribution in [-0.4, -0.2) is 37.5 Å². The molecular formula is C18H20N2O6. The monoisotopic (exact) mass is 360 g/mol. The molecule has 0 unspecified atom stereocenters. The number of hydrogen-bond donors (Lipinski definition) is 2. The van der Waals surface area contributed by atoms with Crippen molar-refractivity contribution >= 4 is 17.8 Å². The number of esters is 1. The van der Waals surface area contributed by atoms with Crippen LogP contribution in [0.5, 0.6) is 5.75 Å². The zero-order valence-corrected chi connectivity index (χ0v) is 14.5. The first-order chi connectivity index (χ1) is 12.5. The lowest BCUT2D eigenvalue weighted by Gasteiger charge is -2.13. The van der Waals surface area contributed by atoms with Crippen LogP contribution < -0.4 is 15.4 Å². The molecule has 2 amide bonds. The van der Waals surface area contributed by atoms with Crippen molar-refractivity contribution in [2.75, 3.05) is 13.7 Å². The van der Waals surface area contributed by atoms with E-state index in [-0.39, 0.29) is 13.1 Å². The zero-order valence-electron chi connectivity index (χ0n) is 14.5. The highest BCUT2D eigenvalue weighted by Gasteiger charge is 2.19. The smallest absolute Gasteiger partial charge is 0.326 e. The minimum absolute atomic E-state index is 0.193. The van der Waals surface area contributed by atoms with Crippen LogP contribution in [0.1, 0.15) is 23.0 Å². The number of para-hydroxylation sites is 1. The van der Waals surface area contributed by atoms with Crippen molar-refractivity contribution in [3.8, 4) is 5.75 Å². The van der Waals surface area contributed by atoms with Gasteiger partial charge in [-0.3, -0.25) is 14.4 Å². The maximum absolute atomic E-state index is 12.1. The normalized spacial score (nSPS) is 11.3. The van der Waals surface area contributed by atoms with Gasteiger partial charge in [0, 0.05) is 0 Å². The molecule has 0 aliphatic heterocycles. The molecule has 26 heavy (non-hydrogen) atoms. The first-order valence-corrected chi connectivity index (χ1v) is 7.92. The summed E-state index contributed by atoms with van der Waals surface area (Å²) in [6.45, 7) is 1.27. The Morgan fingerprint density at radius 2 is 1.88 bits per heavy atom. The number of hydrogen-bond acceptors (Lipinski definition) is 6. The fourth-order valence-electron chi connectivity index (χ4n) is 2.10. The van der Waals surface area contributed by atoms with Gasteiger partial charge in [-0.2, -0.15) is 0 Å². The van der Waals surface area contributed by atoms with Crippen LogP contribution in [0.3, 0.4) is 0 Å². The standard InChI is InChI=1S/C18H20N2O6/c1-12(17(22)19-10-13-6-5-9-25-13)26-16(21)11-20-18(23)14-7-3-4-8-15(14)24-2/h3-9,12H,10-11H2,1-2H3,(H,19,22)(H,20,23)/t12-/m0/s1. The number of amides is 2. The molecular weight excluding hydrogens is 340 g/mol. The fourth-order valence-corrected chi connectivity index (χ4v) is 2.10. The van der Waals surface area contributed by atoms with E-state index in [0.29, 0.717) is 17.1 Å². The second-order valence-corrected chi connectivity index (χ2v) is 5.31. The van der Waals surface area contributed by atoms with Crippen molar-refractivity contribution in [3.63, 3.8) is 0 Å². The Balaban J connectivity index is 1.76. The van der Waals surface area contributed by atoms with Crippen molar-refractivity contribution < 1.29 is 28.3 Å². The lowest BCUT2D eigenvalue weighted by molar-refractivity contribution is -0.153. The number of furan rings is 1. The van der Waals surface area contributed by atoms with Crippen LogP contribution in [0.2, 0.25) is 0 Å². The average molecular weight is 360 g/mol. The van der Waals surface area contributed by atoms with Crippen LogP contribution >= 0.6 is 0 Å². The predicted molar refractivity (Wildman–Crippen MR) is 91.4 cm³/mol. The van der Waals surface area contributed by atoms with Gasteiger partial charge in [0.05, 0.1) is 25.5 Å². The van der Waals surface area contributed by atoms with Crippen molar-refractivity contribution in [2.45, 2.75) is 19.6 Å². The van der Waals surface area contributed by atoms with Crippen LogP contribution in [0.4, 0.5) is 0 Å². The molecule has 0 spiro atoms. The van der Waals surface area contributed by atoms with E-state index in [4.69, 9.17) is 13.9 Å². The van der Waals surface area contributed by atoms with Crippen molar-refractivity contribution in [3.05, 3.63) is 54.0 Å². The minimum Gasteiger partial charge on any atom is -0.496 e. The van der Waals surface area contributed by atoms with Crippen molar-refractivity contribution in [1.82, 2.24) is 10.6 Å². The molecule has 0 aliphatic rings. The van der Waals surface area contributed by atoms with Gasteiger partial charge in [0.1, 0.15) is 18.1 Å². The number of benzene rings is 1. The highest BCUT2D eigenvalue weighted by molar-refractivity contribution is 5.98. The van der Waals surface area contributed by atoms with Gasteiger partial charge >= 0.3 is 5.97 Å². The lowest BCUT2D eigenvalue weighted by atomic mass is 10.2. The third-order valence-corrected chi connectivity index (χ3v) is 3.44. The number of carbonyl (C=O) groups excluding carboxylic acids is 3. The highest BCUT2D eigenvalue weighted by Crippen LogP contribution is 2.16. The summed E-state index contributed by atoms with van der Waals surface area (Å²) in [6.07, 6.45) is 0.496. The molecule has 8 heteroatoms. The molecule has 1 heterocycles. The largest absolute Gasteiger partial charge is 0.496 e. The maximum atomic E-state index is 12.1. The van der Waals surface area contributed by atoms with E-state index in [2.05, 4.69) is 10.6 Å². The molecule has 2 rings (SSSR count). The van der Waals surface area contributed by atoms with Gasteiger partial charge in [-0.15, -0.1) is 0 Å². The summed E-state index contributed by atoms with van der Waals surface area (Å²) in [6, 6.07) is 10.0. The third-order valence-electron chi connectivity index (χ3n) is 3.44. The van der Waals surface area contributed by atoms with E-state index in [1.54, 1.807) is 36.4 Å². The summed E-state index contributed by atoms with van der Waals surface area (Å²) >= 11 is 0. The van der Waals surface area contributed by atoms with Crippen LogP contribution in [0, 0.1) is 0 Å². The molecule has 138 valence electrons. The SMILES string of the molecule is COc1ccccc1C(=O)NCC(=O)O[C@@H](C)C(=O)NCc1ccco1. The fraction of sp³-hybridized carbons (Fsp3) is 0.278. The number of methoxy groups -OCH3 is 1. The van der Waals surface area contributed by atoms with E-state index in [1.807, 2.05) is 0 Å². The second kappa shape index (κ2) is 9.26. The van der Waals surface area contributed by atoms with Gasteiger partial charge in [-0.05, 0) is 31.2 Å². The van der Waals surface area contributed by atoms with Crippen LogP contribution in [0.15, 0.2) is 47.1 Å². The second-order valence-electron chi connectivity index (χ2n) is 5.31. The zero-order chi connectivity index (χ0) is 18.9. The quantitative estimate of drug-likeness (QED) is 0.687. The summed E-state index contributed by atoms with van der Waals surface area (Å²) in [5.41, 5.74) is 0.298. The highest BCUT2D eigenvalue weighted by atomic mass is 16.5. The van der Waals surface area contributed by atoms with E-state index in [1.165, 1.54) is 20.3 Å². The Hall–Kier alpha value is -3.29. The molecule has 1 aromatic heterocycles. The maximum Gasteiger partial charge on any atom is 0.326 e. The Morgan fingerprint density at radius 3 is 2.58 bits per heavy atom. The molecule has 1 aromatic carbocycles. The number of carbonyl (C=O) groups is 3. The third kappa shape index (κ3) is 5.37. The van der Waals surface area contributed by atoms with Gasteiger partial charge in [0.2, 0.25) is 0 Å². The summed E-state index contributed by atoms with van der Waals surface area (Å²) in [4.78, 5) is 35.8. The van der Waals surface area contributed by atoms with E-state index < -0.39 is 23.9 Å². The van der Waals surface area contributed by atoms with Gasteiger partial charge in [-0.1, -0.05) is 12.1 Å². The van der Waals surface area contributed by atoms with Gasteiger partial charge in [0.15, 0.2) is 6.10 Å². The molecule has 2 N–H and O–H groups in total. The summed E-state index contributed by atoms with van der Waals surface area (Å²) in [7, 11) is 1.45. The average Bonchev–Trinajstić information content (AvgIpc) is 3.17. The molecule has 0 fully saturated rings. The molecule has 0 bridgehead atoms. The molecule has 8 nitrogen and oxygen atoms in total. The minimum atomic E-state index is -0.999. The van der Waals surface area contributed by atoms with Crippen molar-refractivity contribution in [2.24, 2.45) is 0 Å². The Bertz CT molecular complexity index is 757. The van der Waals surface area contributed by atoms with Gasteiger partial charge < -0.3 is 24.5 Å². The lowest BCUT2D eigenvalue weighted by Crippen LogP contribution is -2.38.